The highest BCUT2D eigenvalue weighted by atomic mass is 32.2. The molecule has 10 heavy (non-hydrogen) atoms. The van der Waals surface area contributed by atoms with Gasteiger partial charge in [0.2, 0.25) is 0 Å². The molecule has 2 unspecified atom stereocenters. The lowest BCUT2D eigenvalue weighted by Crippen LogP contribution is -2.32. The minimum Gasteiger partial charge on any atom is -0.760 e. The molecule has 0 aromatic carbocycles. The predicted octanol–water partition coefficient (Wildman–Crippen LogP) is -1.93. The predicted molar refractivity (Wildman–Crippen MR) is 34.6 cm³/mol. The molecule has 0 fully saturated rings. The Balaban J connectivity index is 3.56. The van der Waals surface area contributed by atoms with Gasteiger partial charge in [0.05, 0.1) is 12.7 Å². The SMILES string of the molecule is CN(CC(O)CO)S(=O)[O-]. The molecule has 0 aliphatic rings. The zero-order valence-electron chi connectivity index (χ0n) is 5.56. The lowest BCUT2D eigenvalue weighted by Gasteiger charge is -2.20. The topological polar surface area (TPSA) is 83.8 Å². The van der Waals surface area contributed by atoms with E-state index in [2.05, 4.69) is 0 Å². The van der Waals surface area contributed by atoms with Crippen LogP contribution in [0.1, 0.15) is 0 Å². The van der Waals surface area contributed by atoms with Gasteiger partial charge in [-0.2, -0.15) is 0 Å². The molecule has 0 aromatic rings. The molecule has 2 N–H and O–H groups in total. The van der Waals surface area contributed by atoms with Crippen LogP contribution in [0, 0.1) is 0 Å². The summed E-state index contributed by atoms with van der Waals surface area (Å²) in [6.07, 6.45) is -0.997. The van der Waals surface area contributed by atoms with Crippen molar-refractivity contribution in [2.75, 3.05) is 20.2 Å². The van der Waals surface area contributed by atoms with Gasteiger partial charge >= 0.3 is 0 Å². The Labute approximate surface area is 61.7 Å². The summed E-state index contributed by atoms with van der Waals surface area (Å²) >= 11 is -2.32. The fourth-order valence-corrected chi connectivity index (χ4v) is 0.709. The molecule has 0 saturated carbocycles. The number of likely N-dealkylation sites (N-methyl/N-ethyl adjacent to an activating group) is 1. The zero-order chi connectivity index (χ0) is 8.15. The molecule has 6 heteroatoms. The average molecular weight is 168 g/mol. The molecule has 0 aliphatic heterocycles. The molecule has 2 atom stereocenters. The summed E-state index contributed by atoms with van der Waals surface area (Å²) in [6.45, 7) is -0.506. The van der Waals surface area contributed by atoms with Crippen molar-refractivity contribution in [1.29, 1.82) is 0 Å². The van der Waals surface area contributed by atoms with Gasteiger partial charge in [0.25, 0.3) is 0 Å². The number of aliphatic hydroxyl groups is 2. The van der Waals surface area contributed by atoms with Crippen molar-refractivity contribution in [2.24, 2.45) is 0 Å². The first kappa shape index (κ1) is 9.99. The second-order valence-corrected chi connectivity index (χ2v) is 2.92. The van der Waals surface area contributed by atoms with E-state index in [-0.39, 0.29) is 6.54 Å². The maximum atomic E-state index is 10.1. The average Bonchev–Trinajstić information content (AvgIpc) is 1.87. The largest absolute Gasteiger partial charge is 0.760 e. The summed E-state index contributed by atoms with van der Waals surface area (Å²) < 4.78 is 21.1. The first-order valence-electron chi connectivity index (χ1n) is 2.67. The van der Waals surface area contributed by atoms with Crippen LogP contribution in [0.15, 0.2) is 0 Å². The van der Waals surface area contributed by atoms with Crippen LogP contribution in [-0.4, -0.2) is 49.6 Å². The van der Waals surface area contributed by atoms with Crippen LogP contribution in [-0.2, 0) is 11.3 Å². The quantitative estimate of drug-likeness (QED) is 0.479. The molecule has 0 amide bonds. The molecule has 0 aromatic heterocycles. The van der Waals surface area contributed by atoms with Crippen molar-refractivity contribution in [2.45, 2.75) is 6.10 Å². The van der Waals surface area contributed by atoms with Gasteiger partial charge in [-0.05, 0) is 7.05 Å². The van der Waals surface area contributed by atoms with E-state index in [1.165, 1.54) is 7.05 Å². The van der Waals surface area contributed by atoms with Crippen LogP contribution < -0.4 is 0 Å². The van der Waals surface area contributed by atoms with E-state index >= 15 is 0 Å². The van der Waals surface area contributed by atoms with Crippen molar-refractivity contribution >= 4 is 11.3 Å². The molecule has 62 valence electrons. The normalized spacial score (nSPS) is 17.3. The minimum absolute atomic E-state index is 0.0768. The van der Waals surface area contributed by atoms with Gasteiger partial charge < -0.3 is 14.8 Å². The Hall–Kier alpha value is -0.0100. The third-order valence-corrected chi connectivity index (χ3v) is 1.59. The molecule has 0 heterocycles. The summed E-state index contributed by atoms with van der Waals surface area (Å²) in [5.41, 5.74) is 0. The third kappa shape index (κ3) is 3.91. The number of aliphatic hydroxyl groups excluding tert-OH is 2. The van der Waals surface area contributed by atoms with E-state index in [4.69, 9.17) is 10.2 Å². The first-order chi connectivity index (χ1) is 4.57. The molecule has 5 nitrogen and oxygen atoms in total. The van der Waals surface area contributed by atoms with Crippen molar-refractivity contribution < 1.29 is 19.0 Å². The van der Waals surface area contributed by atoms with E-state index in [1.54, 1.807) is 0 Å². The Bertz CT molecular complexity index is 120. The fraction of sp³-hybridized carbons (Fsp3) is 1.00. The Morgan fingerprint density at radius 1 is 1.80 bits per heavy atom. The Kier molecular flexibility index (Phi) is 4.75. The number of rotatable bonds is 4. The summed E-state index contributed by atoms with van der Waals surface area (Å²) in [5.74, 6) is 0. The molecular weight excluding hydrogens is 158 g/mol. The smallest absolute Gasteiger partial charge is 0.0907 e. The van der Waals surface area contributed by atoms with E-state index in [0.717, 1.165) is 4.31 Å². The number of nitrogens with zero attached hydrogens (tertiary/aromatic N) is 1. The minimum atomic E-state index is -2.32. The van der Waals surface area contributed by atoms with Crippen LogP contribution in [0.2, 0.25) is 0 Å². The zero-order valence-corrected chi connectivity index (χ0v) is 6.37. The maximum Gasteiger partial charge on any atom is 0.0907 e. The van der Waals surface area contributed by atoms with Crippen molar-refractivity contribution in [3.05, 3.63) is 0 Å². The fourth-order valence-electron chi connectivity index (χ4n) is 0.415. The highest BCUT2D eigenvalue weighted by Gasteiger charge is 2.05. The highest BCUT2D eigenvalue weighted by Crippen LogP contribution is 1.89. The van der Waals surface area contributed by atoms with Gasteiger partial charge in [0.15, 0.2) is 0 Å². The lowest BCUT2D eigenvalue weighted by molar-refractivity contribution is 0.0822. The van der Waals surface area contributed by atoms with Crippen LogP contribution >= 0.6 is 0 Å². The van der Waals surface area contributed by atoms with Crippen molar-refractivity contribution in [3.8, 4) is 0 Å². The Morgan fingerprint density at radius 2 is 2.30 bits per heavy atom. The molecule has 0 spiro atoms. The van der Waals surface area contributed by atoms with Crippen LogP contribution in [0.4, 0.5) is 0 Å². The molecule has 0 radical (unpaired) electrons. The second kappa shape index (κ2) is 4.75. The van der Waals surface area contributed by atoms with Gasteiger partial charge in [-0.3, -0.25) is 4.21 Å². The second-order valence-electron chi connectivity index (χ2n) is 1.86. The lowest BCUT2D eigenvalue weighted by atomic mass is 10.4. The molecule has 0 saturated heterocycles. The van der Waals surface area contributed by atoms with E-state index in [1.807, 2.05) is 0 Å². The summed E-state index contributed by atoms with van der Waals surface area (Å²) in [5, 5.41) is 17.0. The summed E-state index contributed by atoms with van der Waals surface area (Å²) in [7, 11) is 1.31. The molecular formula is C4H10NO4S-. The van der Waals surface area contributed by atoms with Gasteiger partial charge in [0.1, 0.15) is 0 Å². The monoisotopic (exact) mass is 168 g/mol. The first-order valence-corrected chi connectivity index (χ1v) is 3.70. The van der Waals surface area contributed by atoms with Gasteiger partial charge in [-0.1, -0.05) is 0 Å². The van der Waals surface area contributed by atoms with Crippen LogP contribution in [0.5, 0.6) is 0 Å². The maximum absolute atomic E-state index is 10.1. The van der Waals surface area contributed by atoms with Crippen molar-refractivity contribution in [3.63, 3.8) is 0 Å². The van der Waals surface area contributed by atoms with Crippen LogP contribution in [0.3, 0.4) is 0 Å². The standard InChI is InChI=1S/C4H11NO4S/c1-5(10(8)9)2-4(7)3-6/h4,6-7H,2-3H2,1H3,(H,8,9)/p-1. The molecule has 0 aliphatic carbocycles. The summed E-state index contributed by atoms with van der Waals surface area (Å²) in [4.78, 5) is 0. The van der Waals surface area contributed by atoms with Gasteiger partial charge in [-0.25, -0.2) is 4.31 Å². The van der Waals surface area contributed by atoms with Crippen LogP contribution in [0.25, 0.3) is 0 Å². The van der Waals surface area contributed by atoms with E-state index in [0.29, 0.717) is 0 Å². The van der Waals surface area contributed by atoms with Gasteiger partial charge in [-0.15, -0.1) is 0 Å². The Morgan fingerprint density at radius 3 is 2.60 bits per heavy atom. The van der Waals surface area contributed by atoms with E-state index < -0.39 is 24.0 Å². The molecule has 0 rings (SSSR count). The summed E-state index contributed by atoms with van der Waals surface area (Å²) in [6, 6.07) is 0. The highest BCUT2D eigenvalue weighted by molar-refractivity contribution is 7.76. The van der Waals surface area contributed by atoms with Gasteiger partial charge in [0, 0.05) is 17.8 Å². The third-order valence-electron chi connectivity index (χ3n) is 0.933. The molecule has 0 bridgehead atoms. The van der Waals surface area contributed by atoms with E-state index in [9.17, 15) is 8.76 Å². The van der Waals surface area contributed by atoms with Crippen molar-refractivity contribution in [1.82, 2.24) is 4.31 Å². The number of hydrogen-bond acceptors (Lipinski definition) is 4. The number of hydrogen-bond donors (Lipinski definition) is 2.